The highest BCUT2D eigenvalue weighted by Gasteiger charge is 2.24. The largest absolute Gasteiger partial charge is 0.340 e. The molecule has 0 aromatic rings. The molecule has 1 amide bonds. The maximum Gasteiger partial charge on any atom is 0.222 e. The highest BCUT2D eigenvalue weighted by atomic mass is 16.2. The van der Waals surface area contributed by atoms with Crippen LogP contribution in [0.4, 0.5) is 0 Å². The van der Waals surface area contributed by atoms with Crippen molar-refractivity contribution < 1.29 is 4.79 Å². The van der Waals surface area contributed by atoms with Crippen LogP contribution in [-0.4, -0.2) is 23.4 Å². The number of carbonyl (C=O) groups excluding carboxylic acids is 1. The summed E-state index contributed by atoms with van der Waals surface area (Å²) in [4.78, 5) is 14.6. The summed E-state index contributed by atoms with van der Waals surface area (Å²) in [5.41, 5.74) is 0. The number of amides is 1. The number of hydrogen-bond acceptors (Lipinski definition) is 1. The topological polar surface area (TPSA) is 20.3 Å². The van der Waals surface area contributed by atoms with Crippen LogP contribution >= 0.6 is 0 Å². The molecule has 0 radical (unpaired) electrons. The van der Waals surface area contributed by atoms with Gasteiger partial charge in [0.1, 0.15) is 0 Å². The molecule has 0 saturated carbocycles. The second-order valence-electron chi connectivity index (χ2n) is 7.16. The highest BCUT2D eigenvalue weighted by molar-refractivity contribution is 5.76. The predicted octanol–water partition coefficient (Wildman–Crippen LogP) is 5.72. The van der Waals surface area contributed by atoms with Gasteiger partial charge in [-0.25, -0.2) is 0 Å². The monoisotopic (exact) mass is 307 g/mol. The Bertz CT molecular complexity index is 324. The first-order valence-corrected chi connectivity index (χ1v) is 9.55. The molecule has 1 saturated heterocycles. The van der Waals surface area contributed by atoms with E-state index in [1.54, 1.807) is 0 Å². The molecule has 1 fully saturated rings. The van der Waals surface area contributed by atoms with E-state index < -0.39 is 0 Å². The third-order valence-corrected chi connectivity index (χ3v) is 4.93. The molecule has 0 spiro atoms. The number of likely N-dealkylation sites (tertiary alicyclic amines) is 1. The van der Waals surface area contributed by atoms with Gasteiger partial charge in [-0.05, 0) is 51.9 Å². The first-order valence-electron chi connectivity index (χ1n) is 9.55. The standard InChI is InChI=1S/C20H37NO/c1-4-5-6-7-8-9-10-11-12-16-20(22)21-17-18(2)14-13-15-19(21)3/h4-5,18-19H,6-17H2,1-3H3/b5-4+. The average molecular weight is 308 g/mol. The molecule has 1 rings (SSSR count). The summed E-state index contributed by atoms with van der Waals surface area (Å²) in [7, 11) is 0. The Kier molecular flexibility index (Phi) is 10.3. The second kappa shape index (κ2) is 11.7. The third kappa shape index (κ3) is 8.00. The van der Waals surface area contributed by atoms with Crippen LogP contribution in [0.5, 0.6) is 0 Å². The van der Waals surface area contributed by atoms with Crippen molar-refractivity contribution >= 4 is 5.91 Å². The molecule has 1 aliphatic rings. The van der Waals surface area contributed by atoms with E-state index >= 15 is 0 Å². The number of hydrogen-bond donors (Lipinski definition) is 0. The summed E-state index contributed by atoms with van der Waals surface area (Å²) in [5, 5.41) is 0. The summed E-state index contributed by atoms with van der Waals surface area (Å²) in [5.74, 6) is 1.07. The average Bonchev–Trinajstić information content (AvgIpc) is 2.66. The van der Waals surface area contributed by atoms with E-state index in [0.29, 0.717) is 17.9 Å². The van der Waals surface area contributed by atoms with Gasteiger partial charge in [0.05, 0.1) is 0 Å². The number of nitrogens with zero attached hydrogens (tertiary/aromatic N) is 1. The third-order valence-electron chi connectivity index (χ3n) is 4.93. The molecule has 2 nitrogen and oxygen atoms in total. The zero-order valence-corrected chi connectivity index (χ0v) is 15.2. The summed E-state index contributed by atoms with van der Waals surface area (Å²) < 4.78 is 0. The molecule has 2 atom stereocenters. The van der Waals surface area contributed by atoms with Crippen LogP contribution in [0.15, 0.2) is 12.2 Å². The molecule has 2 unspecified atom stereocenters. The van der Waals surface area contributed by atoms with Gasteiger partial charge in [-0.2, -0.15) is 0 Å². The second-order valence-corrected chi connectivity index (χ2v) is 7.16. The van der Waals surface area contributed by atoms with Crippen molar-refractivity contribution in [2.24, 2.45) is 5.92 Å². The van der Waals surface area contributed by atoms with Gasteiger partial charge in [0.25, 0.3) is 0 Å². The fourth-order valence-electron chi connectivity index (χ4n) is 3.43. The van der Waals surface area contributed by atoms with Gasteiger partial charge in [0.2, 0.25) is 5.91 Å². The zero-order valence-electron chi connectivity index (χ0n) is 15.2. The van der Waals surface area contributed by atoms with Crippen molar-refractivity contribution in [2.45, 2.75) is 97.4 Å². The molecule has 1 heterocycles. The van der Waals surface area contributed by atoms with Crippen molar-refractivity contribution in [3.8, 4) is 0 Å². The SMILES string of the molecule is C/C=C/CCCCCCCCC(=O)N1CC(C)CCCC1C. The smallest absolute Gasteiger partial charge is 0.222 e. The Morgan fingerprint density at radius 1 is 1.05 bits per heavy atom. The van der Waals surface area contributed by atoms with Gasteiger partial charge in [-0.1, -0.05) is 51.2 Å². The molecule has 0 aliphatic carbocycles. The van der Waals surface area contributed by atoms with Gasteiger partial charge < -0.3 is 4.90 Å². The summed E-state index contributed by atoms with van der Waals surface area (Å²) in [6, 6.07) is 0.448. The van der Waals surface area contributed by atoms with Gasteiger partial charge in [-0.3, -0.25) is 4.79 Å². The van der Waals surface area contributed by atoms with Gasteiger partial charge in [0, 0.05) is 19.0 Å². The van der Waals surface area contributed by atoms with E-state index in [1.807, 2.05) is 0 Å². The molecule has 2 heteroatoms. The zero-order chi connectivity index (χ0) is 16.2. The fraction of sp³-hybridized carbons (Fsp3) is 0.850. The number of allylic oxidation sites excluding steroid dienone is 2. The summed E-state index contributed by atoms with van der Waals surface area (Å²) in [6.07, 6.45) is 17.7. The first kappa shape index (κ1) is 19.3. The van der Waals surface area contributed by atoms with Gasteiger partial charge in [0.15, 0.2) is 0 Å². The normalized spacial score (nSPS) is 23.0. The van der Waals surface area contributed by atoms with Crippen LogP contribution in [0.2, 0.25) is 0 Å². The molecule has 0 aromatic heterocycles. The number of carbonyl (C=O) groups is 1. The van der Waals surface area contributed by atoms with Crippen molar-refractivity contribution in [1.29, 1.82) is 0 Å². The fourth-order valence-corrected chi connectivity index (χ4v) is 3.43. The Labute approximate surface area is 138 Å². The van der Waals surface area contributed by atoms with Crippen molar-refractivity contribution in [2.75, 3.05) is 6.54 Å². The van der Waals surface area contributed by atoms with E-state index in [4.69, 9.17) is 0 Å². The van der Waals surface area contributed by atoms with Crippen LogP contribution in [0.3, 0.4) is 0 Å². The first-order chi connectivity index (χ1) is 10.6. The van der Waals surface area contributed by atoms with Crippen molar-refractivity contribution in [1.82, 2.24) is 4.90 Å². The minimum atomic E-state index is 0.398. The summed E-state index contributed by atoms with van der Waals surface area (Å²) in [6.45, 7) is 7.57. The van der Waals surface area contributed by atoms with Crippen molar-refractivity contribution in [3.63, 3.8) is 0 Å². The van der Waals surface area contributed by atoms with E-state index in [-0.39, 0.29) is 0 Å². The number of unbranched alkanes of at least 4 members (excludes halogenated alkanes) is 6. The van der Waals surface area contributed by atoms with Crippen LogP contribution in [-0.2, 0) is 4.79 Å². The van der Waals surface area contributed by atoms with Gasteiger partial charge in [-0.15, -0.1) is 0 Å². The molecule has 0 aromatic carbocycles. The van der Waals surface area contributed by atoms with Crippen LogP contribution < -0.4 is 0 Å². The minimum Gasteiger partial charge on any atom is -0.340 e. The van der Waals surface area contributed by atoms with E-state index in [2.05, 4.69) is 37.8 Å². The molecule has 0 N–H and O–H groups in total. The molecule has 22 heavy (non-hydrogen) atoms. The van der Waals surface area contributed by atoms with Gasteiger partial charge >= 0.3 is 0 Å². The number of rotatable bonds is 9. The molecular formula is C20H37NO. The lowest BCUT2D eigenvalue weighted by atomic mass is 10.1. The quantitative estimate of drug-likeness (QED) is 0.394. The maximum atomic E-state index is 12.4. The summed E-state index contributed by atoms with van der Waals surface area (Å²) >= 11 is 0. The molecule has 0 bridgehead atoms. The minimum absolute atomic E-state index is 0.398. The highest BCUT2D eigenvalue weighted by Crippen LogP contribution is 2.22. The lowest BCUT2D eigenvalue weighted by molar-refractivity contribution is -0.133. The van der Waals surface area contributed by atoms with Crippen LogP contribution in [0.1, 0.15) is 91.4 Å². The Morgan fingerprint density at radius 3 is 2.45 bits per heavy atom. The Balaban J connectivity index is 2.09. The molecule has 1 aliphatic heterocycles. The van der Waals surface area contributed by atoms with Crippen LogP contribution in [0, 0.1) is 5.92 Å². The Morgan fingerprint density at radius 2 is 1.73 bits per heavy atom. The lowest BCUT2D eigenvalue weighted by Gasteiger charge is -2.28. The molecular weight excluding hydrogens is 270 g/mol. The lowest BCUT2D eigenvalue weighted by Crippen LogP contribution is -2.39. The molecule has 128 valence electrons. The Hall–Kier alpha value is -0.790. The predicted molar refractivity (Wildman–Crippen MR) is 95.9 cm³/mol. The van der Waals surface area contributed by atoms with E-state index in [9.17, 15) is 4.79 Å². The van der Waals surface area contributed by atoms with E-state index in [0.717, 1.165) is 19.4 Å². The van der Waals surface area contributed by atoms with E-state index in [1.165, 1.54) is 57.8 Å². The van der Waals surface area contributed by atoms with Crippen LogP contribution in [0.25, 0.3) is 0 Å². The van der Waals surface area contributed by atoms with Crippen molar-refractivity contribution in [3.05, 3.63) is 12.2 Å². The maximum absolute atomic E-state index is 12.4.